The highest BCUT2D eigenvalue weighted by atomic mass is 35.5. The van der Waals surface area contributed by atoms with Gasteiger partial charge in [0, 0.05) is 47.4 Å². The zero-order valence-electron chi connectivity index (χ0n) is 21.0. The van der Waals surface area contributed by atoms with Gasteiger partial charge in [-0.25, -0.2) is 9.18 Å². The minimum absolute atomic E-state index is 0.0340. The number of aromatic nitrogens is 2. The van der Waals surface area contributed by atoms with Crippen LogP contribution < -0.4 is 15.8 Å². The number of piperazine rings is 1. The van der Waals surface area contributed by atoms with Gasteiger partial charge in [-0.2, -0.15) is 0 Å². The van der Waals surface area contributed by atoms with Crippen molar-refractivity contribution in [2.45, 2.75) is 39.0 Å². The normalized spacial score (nSPS) is 18.2. The molecule has 0 spiro atoms. The number of hydrogen-bond acceptors (Lipinski definition) is 6. The third-order valence-corrected chi connectivity index (χ3v) is 6.99. The van der Waals surface area contributed by atoms with Crippen molar-refractivity contribution in [1.29, 1.82) is 0 Å². The van der Waals surface area contributed by atoms with Crippen molar-refractivity contribution in [2.75, 3.05) is 24.1 Å². The first-order chi connectivity index (χ1) is 18.1. The highest BCUT2D eigenvalue weighted by molar-refractivity contribution is 6.36. The van der Waals surface area contributed by atoms with E-state index in [0.29, 0.717) is 18.7 Å². The number of urea groups is 1. The van der Waals surface area contributed by atoms with Crippen LogP contribution in [0, 0.1) is 5.82 Å². The summed E-state index contributed by atoms with van der Waals surface area (Å²) in [5.74, 6) is -0.538. The highest BCUT2D eigenvalue weighted by Crippen LogP contribution is 2.36. The topological polar surface area (TPSA) is 114 Å². The van der Waals surface area contributed by atoms with Crippen molar-refractivity contribution < 1.29 is 18.7 Å². The molecule has 2 unspecified atom stereocenters. The van der Waals surface area contributed by atoms with Gasteiger partial charge in [-0.15, -0.1) is 10.2 Å². The summed E-state index contributed by atoms with van der Waals surface area (Å²) < 4.78 is 19.8. The smallest absolute Gasteiger partial charge is 0.323 e. The van der Waals surface area contributed by atoms with Crippen LogP contribution in [0.25, 0.3) is 0 Å². The minimum atomic E-state index is -0.781. The number of benzene rings is 2. The number of nitrogens with zero attached hydrogens (tertiary/aromatic N) is 4. The number of anilines is 2. The molecule has 0 aliphatic carbocycles. The number of hydrogen-bond donors (Lipinski definition) is 2. The van der Waals surface area contributed by atoms with E-state index < -0.39 is 18.0 Å². The van der Waals surface area contributed by atoms with E-state index in [2.05, 4.69) is 15.5 Å². The van der Waals surface area contributed by atoms with Crippen LogP contribution in [0.3, 0.4) is 0 Å². The van der Waals surface area contributed by atoms with E-state index in [9.17, 15) is 14.0 Å². The number of ether oxygens (including phenoxy) is 1. The standard InChI is InChI=1S/C26H27Cl2FN6O3/c1-14-12-34(25(36)17-7-5-4-6-8-17)13-15(2)35(14)26(37)31-21-11-20(24(30)33-32-21)38-16(3)22-18(27)9-10-19(29)23(22)28/h4-11,14-16H,12-13H2,1-3H3,(H2,30,33)(H,31,32,37)/t14?,15?,16-/m1/s1. The maximum Gasteiger partial charge on any atom is 0.323 e. The Morgan fingerprint density at radius 3 is 2.42 bits per heavy atom. The quantitative estimate of drug-likeness (QED) is 0.403. The fourth-order valence-corrected chi connectivity index (χ4v) is 5.21. The van der Waals surface area contributed by atoms with E-state index in [0.717, 1.165) is 6.07 Å². The van der Waals surface area contributed by atoms with Gasteiger partial charge in [0.25, 0.3) is 5.91 Å². The molecule has 3 aromatic rings. The van der Waals surface area contributed by atoms with E-state index >= 15 is 0 Å². The summed E-state index contributed by atoms with van der Waals surface area (Å²) in [7, 11) is 0. The van der Waals surface area contributed by atoms with E-state index in [4.69, 9.17) is 33.7 Å². The highest BCUT2D eigenvalue weighted by Gasteiger charge is 2.35. The van der Waals surface area contributed by atoms with Crippen molar-refractivity contribution in [2.24, 2.45) is 0 Å². The zero-order valence-corrected chi connectivity index (χ0v) is 22.5. The molecule has 1 aromatic heterocycles. The van der Waals surface area contributed by atoms with Gasteiger partial charge >= 0.3 is 6.03 Å². The SMILES string of the molecule is CC1CN(C(=O)c2ccccc2)CC(C)N1C(=O)Nc1cc(O[C@H](C)c2c(Cl)ccc(F)c2Cl)c(N)nn1. The summed E-state index contributed by atoms with van der Waals surface area (Å²) in [5, 5.41) is 10.6. The fraction of sp³-hybridized carbons (Fsp3) is 0.308. The summed E-state index contributed by atoms with van der Waals surface area (Å²) in [6.45, 7) is 6.12. The van der Waals surface area contributed by atoms with Gasteiger partial charge in [-0.3, -0.25) is 10.1 Å². The van der Waals surface area contributed by atoms with E-state index in [1.165, 1.54) is 12.1 Å². The average Bonchev–Trinajstić information content (AvgIpc) is 2.88. The number of carbonyl (C=O) groups excluding carboxylic acids is 2. The Morgan fingerprint density at radius 1 is 1.11 bits per heavy atom. The van der Waals surface area contributed by atoms with Crippen LogP contribution in [-0.4, -0.2) is 57.1 Å². The van der Waals surface area contributed by atoms with Crippen LogP contribution in [0.5, 0.6) is 5.75 Å². The maximum atomic E-state index is 14.0. The molecular weight excluding hydrogens is 534 g/mol. The molecule has 38 heavy (non-hydrogen) atoms. The summed E-state index contributed by atoms with van der Waals surface area (Å²) in [4.78, 5) is 29.5. The predicted octanol–water partition coefficient (Wildman–Crippen LogP) is 5.41. The number of amides is 3. The maximum absolute atomic E-state index is 14.0. The molecule has 0 radical (unpaired) electrons. The molecule has 12 heteroatoms. The number of carbonyl (C=O) groups is 2. The van der Waals surface area contributed by atoms with Crippen molar-refractivity contribution in [3.8, 4) is 5.75 Å². The second-order valence-corrected chi connectivity index (χ2v) is 9.89. The molecule has 1 saturated heterocycles. The molecule has 2 heterocycles. The molecule has 3 N–H and O–H groups in total. The van der Waals surface area contributed by atoms with Gasteiger partial charge in [0.05, 0.1) is 5.02 Å². The molecule has 3 atom stereocenters. The van der Waals surface area contributed by atoms with Gasteiger partial charge in [-0.05, 0) is 45.0 Å². The Kier molecular flexibility index (Phi) is 8.23. The molecular formula is C26H27Cl2FN6O3. The third-order valence-electron chi connectivity index (χ3n) is 6.27. The Morgan fingerprint density at radius 2 is 1.76 bits per heavy atom. The summed E-state index contributed by atoms with van der Waals surface area (Å²) in [6.07, 6.45) is -0.781. The number of nitrogens with one attached hydrogen (secondary N) is 1. The molecule has 1 aliphatic rings. The van der Waals surface area contributed by atoms with Crippen LogP contribution in [0.2, 0.25) is 10.0 Å². The van der Waals surface area contributed by atoms with Crippen LogP contribution in [0.15, 0.2) is 48.5 Å². The van der Waals surface area contributed by atoms with Gasteiger partial charge < -0.3 is 20.3 Å². The largest absolute Gasteiger partial charge is 0.482 e. The van der Waals surface area contributed by atoms with Gasteiger partial charge in [0.15, 0.2) is 17.4 Å². The molecule has 0 bridgehead atoms. The Labute approximate surface area is 229 Å². The third kappa shape index (κ3) is 5.76. The fourth-order valence-electron chi connectivity index (χ4n) is 4.53. The molecule has 1 aliphatic heterocycles. The van der Waals surface area contributed by atoms with E-state index in [1.54, 1.807) is 28.9 Å². The lowest BCUT2D eigenvalue weighted by molar-refractivity contribution is 0.0461. The molecule has 0 saturated carbocycles. The molecule has 2 aromatic carbocycles. The van der Waals surface area contributed by atoms with Crippen LogP contribution in [0.4, 0.5) is 20.8 Å². The van der Waals surface area contributed by atoms with E-state index in [-0.39, 0.29) is 51.0 Å². The lowest BCUT2D eigenvalue weighted by Crippen LogP contribution is -2.60. The molecule has 200 valence electrons. The summed E-state index contributed by atoms with van der Waals surface area (Å²) in [5.41, 5.74) is 6.78. The Bertz CT molecular complexity index is 1330. The van der Waals surface area contributed by atoms with Crippen molar-refractivity contribution in [3.63, 3.8) is 0 Å². The summed E-state index contributed by atoms with van der Waals surface area (Å²) >= 11 is 12.3. The van der Waals surface area contributed by atoms with Crippen LogP contribution in [-0.2, 0) is 0 Å². The second kappa shape index (κ2) is 11.4. The number of halogens is 3. The monoisotopic (exact) mass is 560 g/mol. The number of nitrogens with two attached hydrogens (primary N) is 1. The zero-order chi connectivity index (χ0) is 27.6. The number of nitrogen functional groups attached to an aromatic ring is 1. The molecule has 9 nitrogen and oxygen atoms in total. The predicted molar refractivity (Wildman–Crippen MR) is 144 cm³/mol. The van der Waals surface area contributed by atoms with E-state index in [1.807, 2.05) is 32.0 Å². The lowest BCUT2D eigenvalue weighted by Gasteiger charge is -2.44. The molecule has 4 rings (SSSR count). The summed E-state index contributed by atoms with van der Waals surface area (Å²) in [6, 6.07) is 12.1. The second-order valence-electron chi connectivity index (χ2n) is 9.11. The first kappa shape index (κ1) is 27.4. The first-order valence-electron chi connectivity index (χ1n) is 11.9. The molecule has 3 amide bonds. The van der Waals surface area contributed by atoms with Crippen molar-refractivity contribution in [3.05, 3.63) is 75.5 Å². The van der Waals surface area contributed by atoms with Crippen LogP contribution >= 0.6 is 23.2 Å². The van der Waals surface area contributed by atoms with Gasteiger partial charge in [-0.1, -0.05) is 41.4 Å². The van der Waals surface area contributed by atoms with Gasteiger partial charge in [0.2, 0.25) is 0 Å². The molecule has 1 fully saturated rings. The van der Waals surface area contributed by atoms with Crippen molar-refractivity contribution >= 4 is 46.8 Å². The number of rotatable bonds is 5. The minimum Gasteiger partial charge on any atom is -0.482 e. The van der Waals surface area contributed by atoms with Gasteiger partial charge in [0.1, 0.15) is 11.9 Å². The first-order valence-corrected chi connectivity index (χ1v) is 12.7. The van der Waals surface area contributed by atoms with Crippen LogP contribution in [0.1, 0.15) is 42.8 Å². The average molecular weight is 561 g/mol. The lowest BCUT2D eigenvalue weighted by atomic mass is 10.1. The van der Waals surface area contributed by atoms with Crippen molar-refractivity contribution in [1.82, 2.24) is 20.0 Å². The Balaban J connectivity index is 1.45. The Hall–Kier alpha value is -3.63.